The molecule has 0 saturated heterocycles. The molecule has 1 rings (SSSR count). The summed E-state index contributed by atoms with van der Waals surface area (Å²) < 4.78 is 0. The Morgan fingerprint density at radius 1 is 1.41 bits per heavy atom. The highest BCUT2D eigenvalue weighted by Gasteiger charge is 2.11. The van der Waals surface area contributed by atoms with Crippen LogP contribution in [0, 0.1) is 6.92 Å². The third kappa shape index (κ3) is 5.79. The highest BCUT2D eigenvalue weighted by atomic mass is 32.1. The number of thiazole rings is 1. The van der Waals surface area contributed by atoms with E-state index in [-0.39, 0.29) is 12.1 Å². The van der Waals surface area contributed by atoms with Crippen LogP contribution in [0.2, 0.25) is 0 Å². The number of hydrogen-bond acceptors (Lipinski definition) is 6. The summed E-state index contributed by atoms with van der Waals surface area (Å²) in [6.07, 6.45) is 0.250. The Morgan fingerprint density at radius 3 is 2.29 bits per heavy atom. The summed E-state index contributed by atoms with van der Waals surface area (Å²) in [5, 5.41) is 2.86. The predicted octanol–water partition coefficient (Wildman–Crippen LogP) is 0.392. The van der Waals surface area contributed by atoms with Gasteiger partial charge in [0.25, 0.3) is 0 Å². The van der Waals surface area contributed by atoms with Crippen LogP contribution in [0.15, 0.2) is 5.38 Å². The van der Waals surface area contributed by atoms with Crippen molar-refractivity contribution in [2.45, 2.75) is 6.92 Å². The van der Waals surface area contributed by atoms with Crippen LogP contribution in [0.4, 0.5) is 5.13 Å². The van der Waals surface area contributed by atoms with Crippen molar-refractivity contribution in [1.82, 2.24) is 9.88 Å². The second kappa shape index (κ2) is 7.54. The van der Waals surface area contributed by atoms with E-state index < -0.39 is 0 Å². The zero-order valence-electron chi connectivity index (χ0n) is 10.3. The van der Waals surface area contributed by atoms with Crippen molar-refractivity contribution in [2.75, 3.05) is 32.6 Å². The van der Waals surface area contributed by atoms with Crippen LogP contribution in [0.25, 0.3) is 0 Å². The third-order valence-electron chi connectivity index (χ3n) is 1.80. The SMILES string of the molecule is Cc1csc(N(C)CC(=O)N(C)C)n1.O=C=O. The molecule has 0 unspecified atom stereocenters. The average molecular weight is 257 g/mol. The highest BCUT2D eigenvalue weighted by molar-refractivity contribution is 7.13. The van der Waals surface area contributed by atoms with Crippen molar-refractivity contribution in [3.8, 4) is 0 Å². The molecule has 0 bridgehead atoms. The first-order chi connectivity index (χ1) is 7.92. The van der Waals surface area contributed by atoms with E-state index in [1.54, 1.807) is 30.3 Å². The van der Waals surface area contributed by atoms with Gasteiger partial charge in [-0.1, -0.05) is 0 Å². The van der Waals surface area contributed by atoms with E-state index in [2.05, 4.69) is 4.98 Å². The predicted molar refractivity (Wildman–Crippen MR) is 63.8 cm³/mol. The van der Waals surface area contributed by atoms with Crippen molar-refractivity contribution < 1.29 is 14.4 Å². The van der Waals surface area contributed by atoms with E-state index in [9.17, 15) is 4.79 Å². The lowest BCUT2D eigenvalue weighted by molar-refractivity contribution is -0.191. The maximum Gasteiger partial charge on any atom is 0.373 e. The summed E-state index contributed by atoms with van der Waals surface area (Å²) in [5.41, 5.74) is 0.995. The first-order valence-corrected chi connectivity index (χ1v) is 5.63. The summed E-state index contributed by atoms with van der Waals surface area (Å²) in [6.45, 7) is 2.32. The van der Waals surface area contributed by atoms with E-state index in [4.69, 9.17) is 9.59 Å². The van der Waals surface area contributed by atoms with E-state index >= 15 is 0 Å². The molecule has 1 aromatic rings. The first kappa shape index (κ1) is 15.3. The van der Waals surface area contributed by atoms with Crippen LogP contribution in [0.1, 0.15) is 5.69 Å². The molecule has 0 atom stereocenters. The topological polar surface area (TPSA) is 70.6 Å². The van der Waals surface area contributed by atoms with Gasteiger partial charge in [0.05, 0.1) is 12.2 Å². The van der Waals surface area contributed by atoms with Crippen LogP contribution in [0.5, 0.6) is 0 Å². The lowest BCUT2D eigenvalue weighted by Crippen LogP contribution is -2.34. The molecule has 6 nitrogen and oxygen atoms in total. The van der Waals surface area contributed by atoms with Gasteiger partial charge in [-0.25, -0.2) is 4.98 Å². The molecule has 1 heterocycles. The smallest absolute Gasteiger partial charge is 0.347 e. The fourth-order valence-corrected chi connectivity index (χ4v) is 1.70. The molecule has 0 N–H and O–H groups in total. The number of anilines is 1. The second-order valence-corrected chi connectivity index (χ2v) is 4.34. The molecule has 0 aliphatic rings. The van der Waals surface area contributed by atoms with Crippen molar-refractivity contribution >= 4 is 28.5 Å². The molecule has 0 aromatic carbocycles. The zero-order valence-corrected chi connectivity index (χ0v) is 11.1. The van der Waals surface area contributed by atoms with Gasteiger partial charge in [0, 0.05) is 26.5 Å². The quantitative estimate of drug-likeness (QED) is 0.783. The Morgan fingerprint density at radius 2 is 1.94 bits per heavy atom. The Labute approximate surface area is 104 Å². The minimum absolute atomic E-state index is 0.0837. The van der Waals surface area contributed by atoms with Gasteiger partial charge >= 0.3 is 6.15 Å². The van der Waals surface area contributed by atoms with Crippen LogP contribution in [0.3, 0.4) is 0 Å². The summed E-state index contributed by atoms with van der Waals surface area (Å²) in [4.78, 5) is 35.4. The van der Waals surface area contributed by atoms with Crippen molar-refractivity contribution in [3.05, 3.63) is 11.1 Å². The molecule has 7 heteroatoms. The Hall–Kier alpha value is -1.72. The number of rotatable bonds is 3. The van der Waals surface area contributed by atoms with Gasteiger partial charge in [0.15, 0.2) is 5.13 Å². The molecular weight excluding hydrogens is 242 g/mol. The van der Waals surface area contributed by atoms with Gasteiger partial charge in [-0.05, 0) is 6.92 Å². The van der Waals surface area contributed by atoms with E-state index in [0.29, 0.717) is 6.54 Å². The Bertz CT molecular complexity index is 397. The summed E-state index contributed by atoms with van der Waals surface area (Å²) in [5.74, 6) is 0.0837. The minimum Gasteiger partial charge on any atom is -0.347 e. The summed E-state index contributed by atoms with van der Waals surface area (Å²) >= 11 is 1.56. The fraction of sp³-hybridized carbons (Fsp3) is 0.500. The standard InChI is InChI=1S/C9H15N3OS.CO2/c1-7-6-14-9(10-7)12(4)5-8(13)11(2)3;2-1-3/h6H,5H2,1-4H3;. The molecule has 94 valence electrons. The van der Waals surface area contributed by atoms with Crippen molar-refractivity contribution in [1.29, 1.82) is 0 Å². The molecule has 17 heavy (non-hydrogen) atoms. The largest absolute Gasteiger partial charge is 0.373 e. The van der Waals surface area contributed by atoms with Gasteiger partial charge < -0.3 is 9.80 Å². The van der Waals surface area contributed by atoms with Crippen molar-refractivity contribution in [2.24, 2.45) is 0 Å². The number of carbonyl (C=O) groups excluding carboxylic acids is 3. The highest BCUT2D eigenvalue weighted by Crippen LogP contribution is 2.18. The lowest BCUT2D eigenvalue weighted by atomic mass is 10.5. The second-order valence-electron chi connectivity index (χ2n) is 3.50. The number of nitrogens with zero attached hydrogens (tertiary/aromatic N) is 3. The number of carbonyl (C=O) groups is 1. The normalized spacial score (nSPS) is 8.71. The van der Waals surface area contributed by atoms with E-state index in [0.717, 1.165) is 10.8 Å². The maximum absolute atomic E-state index is 11.4. The van der Waals surface area contributed by atoms with Crippen LogP contribution < -0.4 is 4.90 Å². The van der Waals surface area contributed by atoms with E-state index in [1.165, 1.54) is 0 Å². The molecule has 0 radical (unpaired) electrons. The van der Waals surface area contributed by atoms with Crippen LogP contribution in [-0.4, -0.2) is 49.6 Å². The average Bonchev–Trinajstić information content (AvgIpc) is 2.65. The molecule has 0 aliphatic carbocycles. The monoisotopic (exact) mass is 257 g/mol. The molecular formula is C10H15N3O3S. The fourth-order valence-electron chi connectivity index (χ4n) is 0.929. The van der Waals surface area contributed by atoms with Crippen LogP contribution >= 0.6 is 11.3 Å². The van der Waals surface area contributed by atoms with Gasteiger partial charge in [-0.15, -0.1) is 11.3 Å². The van der Waals surface area contributed by atoms with Crippen molar-refractivity contribution in [3.63, 3.8) is 0 Å². The zero-order chi connectivity index (χ0) is 13.4. The first-order valence-electron chi connectivity index (χ1n) is 4.75. The van der Waals surface area contributed by atoms with Gasteiger partial charge in [0.1, 0.15) is 0 Å². The Balaban J connectivity index is 0.000000770. The molecule has 0 spiro atoms. The summed E-state index contributed by atoms with van der Waals surface area (Å²) in [6, 6.07) is 0. The van der Waals surface area contributed by atoms with Crippen LogP contribution in [-0.2, 0) is 14.4 Å². The van der Waals surface area contributed by atoms with E-state index in [1.807, 2.05) is 24.3 Å². The lowest BCUT2D eigenvalue weighted by Gasteiger charge is -2.17. The summed E-state index contributed by atoms with van der Waals surface area (Å²) in [7, 11) is 5.38. The number of aryl methyl sites for hydroxylation is 1. The number of aromatic nitrogens is 1. The van der Waals surface area contributed by atoms with Gasteiger partial charge in [-0.3, -0.25) is 4.79 Å². The number of hydrogen-bond donors (Lipinski definition) is 0. The molecule has 0 aliphatic heterocycles. The minimum atomic E-state index is 0.0837. The molecule has 1 aromatic heterocycles. The molecule has 0 saturated carbocycles. The van der Waals surface area contributed by atoms with Gasteiger partial charge in [-0.2, -0.15) is 9.59 Å². The van der Waals surface area contributed by atoms with Gasteiger partial charge in [0.2, 0.25) is 5.91 Å². The third-order valence-corrected chi connectivity index (χ3v) is 2.88. The molecule has 1 amide bonds. The number of likely N-dealkylation sites (N-methyl/N-ethyl adjacent to an activating group) is 2. The molecule has 0 fully saturated rings. The maximum atomic E-state index is 11.4. The number of amides is 1. The Kier molecular flexibility index (Phi) is 6.77.